The average molecular weight is 318 g/mol. The molecule has 4 aliphatic carbocycles. The van der Waals surface area contributed by atoms with Gasteiger partial charge in [-0.15, -0.1) is 0 Å². The number of Topliss-reactive ketones (excluding diaryl/α,β-unsaturated/α-hetero) is 1. The SMILES string of the molecule is CC(=O)[C@H]1CC[C@H]2[C@@H]3CCC4C[C@@H](N)CC[C@]4(C)[C@H]3CC[C@]12C. The lowest BCUT2D eigenvalue weighted by Gasteiger charge is -2.61. The number of ketones is 1. The molecule has 0 spiro atoms. The van der Waals surface area contributed by atoms with E-state index in [-0.39, 0.29) is 0 Å². The largest absolute Gasteiger partial charge is 0.328 e. The number of carbonyl (C=O) groups is 1. The summed E-state index contributed by atoms with van der Waals surface area (Å²) in [6.45, 7) is 6.89. The van der Waals surface area contributed by atoms with E-state index in [4.69, 9.17) is 5.73 Å². The highest BCUT2D eigenvalue weighted by Gasteiger charge is 2.60. The Kier molecular flexibility index (Phi) is 3.72. The van der Waals surface area contributed by atoms with E-state index >= 15 is 0 Å². The van der Waals surface area contributed by atoms with Gasteiger partial charge in [-0.1, -0.05) is 13.8 Å². The Hall–Kier alpha value is -0.370. The molecule has 8 atom stereocenters. The van der Waals surface area contributed by atoms with E-state index in [2.05, 4.69) is 13.8 Å². The van der Waals surface area contributed by atoms with E-state index in [9.17, 15) is 4.79 Å². The number of fused-ring (bicyclic) bond motifs is 5. The third kappa shape index (κ3) is 2.19. The molecule has 0 bridgehead atoms. The summed E-state index contributed by atoms with van der Waals surface area (Å²) in [5.74, 6) is 4.26. The van der Waals surface area contributed by atoms with Crippen LogP contribution in [0.15, 0.2) is 0 Å². The first-order chi connectivity index (χ1) is 10.9. The van der Waals surface area contributed by atoms with Crippen molar-refractivity contribution in [3.8, 4) is 0 Å². The van der Waals surface area contributed by atoms with Gasteiger partial charge in [0, 0.05) is 12.0 Å². The number of rotatable bonds is 1. The van der Waals surface area contributed by atoms with Crippen molar-refractivity contribution in [2.75, 3.05) is 0 Å². The molecule has 0 aromatic rings. The van der Waals surface area contributed by atoms with Crippen LogP contribution in [0.4, 0.5) is 0 Å². The summed E-state index contributed by atoms with van der Waals surface area (Å²) in [5, 5.41) is 0. The maximum absolute atomic E-state index is 12.2. The van der Waals surface area contributed by atoms with E-state index in [0.717, 1.165) is 30.1 Å². The molecule has 0 heterocycles. The molecule has 2 heteroatoms. The Bertz CT molecular complexity index is 502. The Morgan fingerprint density at radius 1 is 0.913 bits per heavy atom. The standard InChI is InChI=1S/C21H35NO/c1-13(23)17-6-7-18-16-5-4-14-12-15(22)8-10-20(14,2)19(16)9-11-21(17,18)3/h14-19H,4-12,22H2,1-3H3/t14?,15-,16-,17+,18-,19-,20-,21+/m0/s1. The fourth-order valence-electron chi connectivity index (χ4n) is 7.96. The Labute approximate surface area is 142 Å². The summed E-state index contributed by atoms with van der Waals surface area (Å²) in [6, 6.07) is 0.451. The van der Waals surface area contributed by atoms with E-state index in [1.165, 1.54) is 51.4 Å². The van der Waals surface area contributed by atoms with Gasteiger partial charge in [0.25, 0.3) is 0 Å². The third-order valence-corrected chi connectivity index (χ3v) is 9.20. The van der Waals surface area contributed by atoms with Crippen molar-refractivity contribution in [2.45, 2.75) is 84.6 Å². The molecule has 0 aromatic heterocycles. The molecule has 0 saturated heterocycles. The first kappa shape index (κ1) is 16.1. The number of hydrogen-bond acceptors (Lipinski definition) is 2. The summed E-state index contributed by atoms with van der Waals surface area (Å²) in [5.41, 5.74) is 7.13. The molecule has 23 heavy (non-hydrogen) atoms. The van der Waals surface area contributed by atoms with Gasteiger partial charge in [-0.05, 0) is 99.2 Å². The molecule has 4 fully saturated rings. The van der Waals surface area contributed by atoms with Gasteiger partial charge in [-0.3, -0.25) is 4.79 Å². The van der Waals surface area contributed by atoms with Crippen molar-refractivity contribution in [3.05, 3.63) is 0 Å². The van der Waals surface area contributed by atoms with Crippen molar-refractivity contribution < 1.29 is 4.79 Å². The summed E-state index contributed by atoms with van der Waals surface area (Å²) in [4.78, 5) is 12.2. The fraction of sp³-hybridized carbons (Fsp3) is 0.952. The molecule has 1 unspecified atom stereocenters. The highest BCUT2D eigenvalue weighted by Crippen LogP contribution is 2.67. The fourth-order valence-corrected chi connectivity index (χ4v) is 7.96. The Balaban J connectivity index is 1.61. The normalized spacial score (nSPS) is 55.7. The van der Waals surface area contributed by atoms with Crippen LogP contribution in [0.5, 0.6) is 0 Å². The van der Waals surface area contributed by atoms with E-state index in [1.54, 1.807) is 0 Å². The lowest BCUT2D eigenvalue weighted by molar-refractivity contribution is -0.134. The van der Waals surface area contributed by atoms with Gasteiger partial charge in [-0.2, -0.15) is 0 Å². The van der Waals surface area contributed by atoms with E-state index in [1.807, 2.05) is 6.92 Å². The first-order valence-electron chi connectivity index (χ1n) is 10.1. The van der Waals surface area contributed by atoms with E-state index < -0.39 is 0 Å². The van der Waals surface area contributed by atoms with Gasteiger partial charge in [0.05, 0.1) is 0 Å². The lowest BCUT2D eigenvalue weighted by Crippen LogP contribution is -2.54. The molecule has 4 aliphatic rings. The second-order valence-corrected chi connectivity index (χ2v) is 9.98. The number of carbonyl (C=O) groups excluding carboxylic acids is 1. The molecule has 2 N–H and O–H groups in total. The van der Waals surface area contributed by atoms with Crippen molar-refractivity contribution in [2.24, 2.45) is 46.2 Å². The minimum absolute atomic E-state index is 0.307. The van der Waals surface area contributed by atoms with Gasteiger partial charge in [-0.25, -0.2) is 0 Å². The minimum Gasteiger partial charge on any atom is -0.328 e. The van der Waals surface area contributed by atoms with Crippen LogP contribution in [0.1, 0.15) is 78.6 Å². The molecule has 0 aromatic carbocycles. The van der Waals surface area contributed by atoms with E-state index in [0.29, 0.717) is 28.6 Å². The average Bonchev–Trinajstić information content (AvgIpc) is 2.85. The third-order valence-electron chi connectivity index (χ3n) is 9.20. The molecule has 0 aliphatic heterocycles. The van der Waals surface area contributed by atoms with Crippen molar-refractivity contribution >= 4 is 5.78 Å². The van der Waals surface area contributed by atoms with Crippen LogP contribution in [0.2, 0.25) is 0 Å². The molecule has 4 saturated carbocycles. The van der Waals surface area contributed by atoms with Crippen molar-refractivity contribution in [1.29, 1.82) is 0 Å². The zero-order valence-corrected chi connectivity index (χ0v) is 15.3. The molecule has 130 valence electrons. The van der Waals surface area contributed by atoms with Crippen LogP contribution in [0.3, 0.4) is 0 Å². The van der Waals surface area contributed by atoms with Crippen molar-refractivity contribution in [3.63, 3.8) is 0 Å². The molecular formula is C21H35NO. The van der Waals surface area contributed by atoms with Gasteiger partial charge < -0.3 is 5.73 Å². The zero-order chi connectivity index (χ0) is 16.4. The summed E-state index contributed by atoms with van der Waals surface area (Å²) >= 11 is 0. The second kappa shape index (κ2) is 5.31. The van der Waals surface area contributed by atoms with Crippen LogP contribution < -0.4 is 5.73 Å². The second-order valence-electron chi connectivity index (χ2n) is 9.98. The predicted octanol–water partition coefficient (Wildman–Crippen LogP) is 4.56. The van der Waals surface area contributed by atoms with Crippen molar-refractivity contribution in [1.82, 2.24) is 0 Å². The summed E-state index contributed by atoms with van der Waals surface area (Å²) in [6.07, 6.45) is 11.8. The van der Waals surface area contributed by atoms with Gasteiger partial charge in [0.2, 0.25) is 0 Å². The first-order valence-corrected chi connectivity index (χ1v) is 10.1. The van der Waals surface area contributed by atoms with Gasteiger partial charge >= 0.3 is 0 Å². The number of nitrogens with two attached hydrogens (primary N) is 1. The highest BCUT2D eigenvalue weighted by atomic mass is 16.1. The smallest absolute Gasteiger partial charge is 0.133 e. The van der Waals surface area contributed by atoms with Gasteiger partial charge in [0.1, 0.15) is 5.78 Å². The predicted molar refractivity (Wildman–Crippen MR) is 93.9 cm³/mol. The maximum atomic E-state index is 12.2. The Morgan fingerprint density at radius 3 is 2.35 bits per heavy atom. The number of hydrogen-bond donors (Lipinski definition) is 1. The van der Waals surface area contributed by atoms with Crippen LogP contribution in [-0.2, 0) is 4.79 Å². The highest BCUT2D eigenvalue weighted by molar-refractivity contribution is 5.79. The lowest BCUT2D eigenvalue weighted by atomic mass is 9.44. The topological polar surface area (TPSA) is 43.1 Å². The van der Waals surface area contributed by atoms with Crippen LogP contribution in [-0.4, -0.2) is 11.8 Å². The molecule has 4 rings (SSSR count). The molecule has 2 nitrogen and oxygen atoms in total. The summed E-state index contributed by atoms with van der Waals surface area (Å²) in [7, 11) is 0. The minimum atomic E-state index is 0.307. The summed E-state index contributed by atoms with van der Waals surface area (Å²) < 4.78 is 0. The van der Waals surface area contributed by atoms with Crippen LogP contribution in [0, 0.1) is 40.4 Å². The van der Waals surface area contributed by atoms with Crippen LogP contribution >= 0.6 is 0 Å². The Morgan fingerprint density at radius 2 is 1.61 bits per heavy atom. The van der Waals surface area contributed by atoms with Crippen LogP contribution in [0.25, 0.3) is 0 Å². The zero-order valence-electron chi connectivity index (χ0n) is 15.3. The van der Waals surface area contributed by atoms with Gasteiger partial charge in [0.15, 0.2) is 0 Å². The molecule has 0 radical (unpaired) electrons. The maximum Gasteiger partial charge on any atom is 0.133 e. The molecular weight excluding hydrogens is 282 g/mol. The molecule has 0 amide bonds. The monoisotopic (exact) mass is 317 g/mol. The quantitative estimate of drug-likeness (QED) is 0.770.